The second-order valence-corrected chi connectivity index (χ2v) is 31.0. The number of carbonyl (C=O) groups excluding carboxylic acids is 5. The van der Waals surface area contributed by atoms with E-state index in [9.17, 15) is 95.8 Å². The van der Waals surface area contributed by atoms with Crippen LogP contribution in [0.25, 0.3) is 28.4 Å². The summed E-state index contributed by atoms with van der Waals surface area (Å²) in [6.45, 7) is 16.0. The van der Waals surface area contributed by atoms with Gasteiger partial charge in [-0.1, -0.05) is 78.7 Å². The zero-order chi connectivity index (χ0) is 95.0. The fourth-order valence-corrected chi connectivity index (χ4v) is 14.3. The highest BCUT2D eigenvalue weighted by Gasteiger charge is 2.37. The predicted octanol–water partition coefficient (Wildman–Crippen LogP) is 16.1. The quantitative estimate of drug-likeness (QED) is 0.0222. The molecule has 24 nitrogen and oxygen atoms in total. The second-order valence-electron chi connectivity index (χ2n) is 31.0. The molecule has 2 aliphatic rings. The van der Waals surface area contributed by atoms with Crippen LogP contribution >= 0.6 is 0 Å². The normalized spacial score (nSPS) is 14.0. The number of anilines is 1. The molecule has 0 spiro atoms. The van der Waals surface area contributed by atoms with Crippen molar-refractivity contribution in [1.29, 1.82) is 0 Å². The van der Waals surface area contributed by atoms with Gasteiger partial charge in [-0.05, 0) is 250 Å². The lowest BCUT2D eigenvalue weighted by molar-refractivity contribution is -0.138. The number of hydrazine groups is 1. The van der Waals surface area contributed by atoms with Crippen molar-refractivity contribution in [2.75, 3.05) is 31.6 Å². The third-order valence-electron chi connectivity index (χ3n) is 21.3. The number of piperidine rings is 1. The largest absolute Gasteiger partial charge is 0.416 e. The molecule has 1 saturated heterocycles. The van der Waals surface area contributed by atoms with Crippen LogP contribution in [0.3, 0.4) is 0 Å². The fraction of sp³-hybridized carbons (Fsp3) is 0.242. The van der Waals surface area contributed by atoms with E-state index in [0.29, 0.717) is 35.0 Å². The molecule has 0 radical (unpaired) electrons. The number of nitrogens with two attached hydrogens (primary N) is 1. The van der Waals surface area contributed by atoms with Crippen molar-refractivity contribution in [2.45, 2.75) is 112 Å². The number of halogens is 12. The van der Waals surface area contributed by atoms with Crippen molar-refractivity contribution < 1.29 is 76.7 Å². The van der Waals surface area contributed by atoms with E-state index in [4.69, 9.17) is 5.73 Å². The average Bonchev–Trinajstić information content (AvgIpc) is 0.831. The third kappa shape index (κ3) is 24.7. The number of amides is 5. The molecule has 14 rings (SSSR count). The summed E-state index contributed by atoms with van der Waals surface area (Å²) in [5.74, 6) is -3.52. The molecule has 682 valence electrons. The minimum absolute atomic E-state index is 0.0108. The topological polar surface area (TPSA) is 306 Å². The van der Waals surface area contributed by atoms with Crippen LogP contribution in [-0.4, -0.2) is 99.9 Å². The summed E-state index contributed by atoms with van der Waals surface area (Å²) >= 11 is 0. The van der Waals surface area contributed by atoms with Crippen LogP contribution in [0.4, 0.5) is 58.4 Å². The van der Waals surface area contributed by atoms with E-state index in [0.717, 1.165) is 121 Å². The Kier molecular flexibility index (Phi) is 31.0. The third-order valence-corrected chi connectivity index (χ3v) is 21.3. The van der Waals surface area contributed by atoms with Gasteiger partial charge in [0.05, 0.1) is 64.0 Å². The van der Waals surface area contributed by atoms with Gasteiger partial charge < -0.3 is 26.6 Å². The van der Waals surface area contributed by atoms with Gasteiger partial charge in [0.25, 0.3) is 45.9 Å². The number of pyridine rings is 5. The lowest BCUT2D eigenvalue weighted by Gasteiger charge is -2.30. The minimum Gasteiger partial charge on any atom is -0.369 e. The smallest absolute Gasteiger partial charge is 0.369 e. The van der Waals surface area contributed by atoms with Crippen molar-refractivity contribution in [1.82, 2.24) is 59.3 Å². The highest BCUT2D eigenvalue weighted by molar-refractivity contribution is 5.97. The number of aliphatic imine (C=N–C) groups is 1. The first kappa shape index (κ1) is 96.8. The zero-order valence-corrected chi connectivity index (χ0v) is 71.5. The minimum atomic E-state index is -4.63. The predicted molar refractivity (Wildman–Crippen MR) is 469 cm³/mol. The lowest BCUT2D eigenvalue weighted by Crippen LogP contribution is -2.37. The van der Waals surface area contributed by atoms with E-state index >= 15 is 0 Å². The number of hydrogen-bond donors (Lipinski definition) is 6. The number of dihydropyridines is 1. The van der Waals surface area contributed by atoms with Gasteiger partial charge in [0.1, 0.15) is 22.3 Å². The molecule has 2 atom stereocenters. The number of primary amides is 1. The Hall–Kier alpha value is -14.8. The molecule has 0 bridgehead atoms. The van der Waals surface area contributed by atoms with E-state index in [1.807, 2.05) is 50.2 Å². The summed E-state index contributed by atoms with van der Waals surface area (Å²) in [4.78, 5) is 127. The van der Waals surface area contributed by atoms with E-state index in [-0.39, 0.29) is 69.4 Å². The van der Waals surface area contributed by atoms with Gasteiger partial charge in [-0.2, -0.15) is 57.8 Å². The van der Waals surface area contributed by atoms with Gasteiger partial charge in [-0.3, -0.25) is 82.2 Å². The molecule has 36 heteroatoms. The van der Waals surface area contributed by atoms with Crippen LogP contribution < -0.4 is 54.8 Å². The van der Waals surface area contributed by atoms with Gasteiger partial charge in [0.2, 0.25) is 5.91 Å². The number of hydrogen-bond acceptors (Lipinski definition) is 14. The van der Waals surface area contributed by atoms with E-state index in [1.54, 1.807) is 80.4 Å². The number of alkyl halides is 12. The summed E-state index contributed by atoms with van der Waals surface area (Å²) in [6.07, 6.45) is -5.71. The number of nitrogens with one attached hydrogen (secondary N) is 5. The maximum absolute atomic E-state index is 13.8. The Labute approximate surface area is 741 Å². The van der Waals surface area contributed by atoms with E-state index in [1.165, 1.54) is 123 Å². The molecule has 8 heterocycles. The molecule has 5 amide bonds. The molecule has 12 aromatic rings. The number of carbonyl (C=O) groups is 5. The first-order chi connectivity index (χ1) is 62.0. The number of allylic oxidation sites excluding steroid dienone is 1. The van der Waals surface area contributed by atoms with Crippen LogP contribution in [-0.2, 0) is 42.6 Å². The van der Waals surface area contributed by atoms with Gasteiger partial charge >= 0.3 is 24.7 Å². The summed E-state index contributed by atoms with van der Waals surface area (Å²) < 4.78 is 164. The second kappa shape index (κ2) is 41.9. The Morgan fingerprint density at radius 3 is 1.36 bits per heavy atom. The summed E-state index contributed by atoms with van der Waals surface area (Å²) in [5, 5.41) is 12.4. The summed E-state index contributed by atoms with van der Waals surface area (Å²) in [7, 11) is 0. The number of aromatic nitrogens is 7. The summed E-state index contributed by atoms with van der Waals surface area (Å²) in [6, 6.07) is 46.9. The number of benzene rings is 6. The van der Waals surface area contributed by atoms with Gasteiger partial charge in [-0.15, -0.1) is 0 Å². The van der Waals surface area contributed by atoms with Crippen molar-refractivity contribution in [3.8, 4) is 28.4 Å². The highest BCUT2D eigenvalue weighted by atomic mass is 19.4. The molecule has 131 heavy (non-hydrogen) atoms. The maximum Gasteiger partial charge on any atom is 0.416 e. The Morgan fingerprint density at radius 1 is 0.466 bits per heavy atom. The van der Waals surface area contributed by atoms with Crippen LogP contribution in [0.2, 0.25) is 0 Å². The standard InChI is InChI=1S/C26H22F3N5O3.C25H21F3N4O2.C23H28F3N3O2.C21H18F3N3O2/c1-15-12-20(22-19(23(30)35)9-5-11-32-22)21(24(36)33-14-17-7-2-3-10-31-17)25(37)34(15)18-8-4-6-16(13-18)26(27,28)29;1-16-6-9-20(10-7-16)31-15-18(14-30-31)13-29-23(33)22-11-8-17(2)32(24(22)34)21-5-3-4-19(12-21)25(26,27)28;1-16-9-13-28(14-10-16)12-4-11-27-21(30)20-8-7-17(2)29(22(20)31)19-6-3-5-18(15-19)23(24,25)26;1-13-6-9-16(10-7-13)25-26-19(28)18-11-8-14(2)27(20(18)29)17-5-3-4-15(12-17)21(22,23)24/h2-13,19,22H,14H2,1H3,(H2,30,35)(H,33,36);3-12,14-15H,13H2,1-2H3,(H,29,33);3,5-8,15-16H,4,9-14H2,1-2H3,(H,27,30);3-12,25H,1-2H3,(H,26,28). The molecular weight excluding hydrogens is 1720 g/mol. The zero-order valence-electron chi connectivity index (χ0n) is 71.5. The van der Waals surface area contributed by atoms with Crippen molar-refractivity contribution in [2.24, 2.45) is 22.6 Å². The highest BCUT2D eigenvalue weighted by Crippen LogP contribution is 2.37. The molecule has 7 N–H and O–H groups in total. The molecule has 1 fully saturated rings. The van der Waals surface area contributed by atoms with E-state index in [2.05, 4.69) is 53.7 Å². The Morgan fingerprint density at radius 2 is 0.908 bits per heavy atom. The van der Waals surface area contributed by atoms with Crippen molar-refractivity contribution in [3.05, 3.63) is 374 Å². The van der Waals surface area contributed by atoms with E-state index < -0.39 is 111 Å². The van der Waals surface area contributed by atoms with Crippen LogP contribution in [0.1, 0.15) is 147 Å². The summed E-state index contributed by atoms with van der Waals surface area (Å²) in [5.41, 5.74) is 9.99. The fourth-order valence-electron chi connectivity index (χ4n) is 14.3. The molecule has 2 aliphatic heterocycles. The average molecular weight is 1810 g/mol. The van der Waals surface area contributed by atoms with Crippen molar-refractivity contribution >= 4 is 41.4 Å². The number of likely N-dealkylation sites (tertiary alicyclic amines) is 1. The lowest BCUT2D eigenvalue weighted by atomic mass is 9.88. The Bertz CT molecular complexity index is 6490. The molecule has 0 aliphatic carbocycles. The van der Waals surface area contributed by atoms with Crippen LogP contribution in [0.15, 0.2) is 261 Å². The van der Waals surface area contributed by atoms with Crippen LogP contribution in [0.5, 0.6) is 0 Å². The first-order valence-electron chi connectivity index (χ1n) is 40.9. The molecule has 6 aromatic carbocycles. The maximum atomic E-state index is 13.8. The first-order valence-corrected chi connectivity index (χ1v) is 40.9. The number of nitrogens with zero attached hydrogens (tertiary/aromatic N) is 9. The molecular formula is C95H89F12N15O9. The number of rotatable bonds is 21. The van der Waals surface area contributed by atoms with Crippen LogP contribution in [0, 0.1) is 53.4 Å². The van der Waals surface area contributed by atoms with Gasteiger partial charge in [-0.25, -0.2) is 4.68 Å². The van der Waals surface area contributed by atoms with Crippen molar-refractivity contribution in [3.63, 3.8) is 0 Å². The molecule has 0 saturated carbocycles. The monoisotopic (exact) mass is 1810 g/mol. The molecule has 2 unspecified atom stereocenters. The Balaban J connectivity index is 0.000000169. The molecule has 6 aromatic heterocycles. The van der Waals surface area contributed by atoms with Gasteiger partial charge in [0.15, 0.2) is 0 Å². The van der Waals surface area contributed by atoms with Gasteiger partial charge in [0, 0.05) is 82.8 Å². The SMILES string of the molecule is Cc1cc(C2N=CC=CC2C(N)=O)c(C(=O)NCc2ccccn2)c(=O)n1-c1cccc(C(F)(F)F)c1.Cc1ccc(-n2cc(CNC(=O)c3ccc(C)n(-c4cccc(C(F)(F)F)c4)c3=O)cn2)cc1.Cc1ccc(C(=O)NCCCN2CCC(C)CC2)c(=O)n1-c1cccc(C(F)(F)F)c1.Cc1ccc(NNC(=O)c2ccc(C)n(-c3cccc(C(F)(F)F)c3)c2=O)cc1. The number of aryl methyl sites for hydroxylation is 6.